The van der Waals surface area contributed by atoms with Crippen LogP contribution in [0.25, 0.3) is 6.08 Å². The number of para-hydroxylation sites is 1. The number of non-ortho nitro benzene ring substituents is 1. The van der Waals surface area contributed by atoms with E-state index in [2.05, 4.69) is 27.9 Å². The molecule has 3 rings (SSSR count). The van der Waals surface area contributed by atoms with Crippen LogP contribution in [0.2, 0.25) is 0 Å². The van der Waals surface area contributed by atoms with Crippen LogP contribution >= 0.6 is 22.6 Å². The molecule has 36 heavy (non-hydrogen) atoms. The van der Waals surface area contributed by atoms with E-state index in [1.807, 2.05) is 38.1 Å². The summed E-state index contributed by atoms with van der Waals surface area (Å²) in [6, 6.07) is 19.1. The lowest BCUT2D eigenvalue weighted by molar-refractivity contribution is -0.384. The molecule has 0 aliphatic heterocycles. The summed E-state index contributed by atoms with van der Waals surface area (Å²) < 4.78 is 12.4. The summed E-state index contributed by atoms with van der Waals surface area (Å²) in [6.45, 7) is 4.30. The monoisotopic (exact) mass is 597 g/mol. The number of carbonyl (C=O) groups excluding carboxylic acids is 1. The normalized spacial score (nSPS) is 10.9. The molecule has 0 aliphatic rings. The van der Waals surface area contributed by atoms with Crippen LogP contribution in [0.15, 0.2) is 66.2 Å². The van der Waals surface area contributed by atoms with E-state index in [0.717, 1.165) is 12.0 Å². The highest BCUT2D eigenvalue weighted by atomic mass is 127. The number of nitro benzene ring substituents is 1. The standard InChI is InChI=1S/C27H24IN3O5/c1-3-20-9-5-6-11-24(20)30-27(32)21(16-29)12-19-14-23(28)26(25(15-19)35-4-2)36-17-18-8-7-10-22(13-18)31(33)34/h5-15H,3-4,17H2,1-2H3,(H,30,32)/b21-12+. The minimum Gasteiger partial charge on any atom is -0.490 e. The molecule has 0 saturated carbocycles. The van der Waals surface area contributed by atoms with Gasteiger partial charge in [-0.2, -0.15) is 5.26 Å². The van der Waals surface area contributed by atoms with E-state index in [1.54, 1.807) is 30.3 Å². The van der Waals surface area contributed by atoms with E-state index >= 15 is 0 Å². The largest absolute Gasteiger partial charge is 0.490 e. The summed E-state index contributed by atoms with van der Waals surface area (Å²) in [5.41, 5.74) is 2.81. The number of carbonyl (C=O) groups is 1. The molecule has 0 saturated heterocycles. The fraction of sp³-hybridized carbons (Fsp3) is 0.185. The minimum atomic E-state index is -0.502. The highest BCUT2D eigenvalue weighted by Crippen LogP contribution is 2.36. The van der Waals surface area contributed by atoms with E-state index in [9.17, 15) is 20.2 Å². The van der Waals surface area contributed by atoms with Gasteiger partial charge in [-0.1, -0.05) is 37.3 Å². The van der Waals surface area contributed by atoms with Crippen molar-refractivity contribution in [1.82, 2.24) is 0 Å². The van der Waals surface area contributed by atoms with Gasteiger partial charge in [0.1, 0.15) is 18.2 Å². The molecule has 0 heterocycles. The molecule has 184 valence electrons. The predicted molar refractivity (Wildman–Crippen MR) is 146 cm³/mol. The quantitative estimate of drug-likeness (QED) is 0.0967. The number of halogens is 1. The summed E-state index contributed by atoms with van der Waals surface area (Å²) >= 11 is 2.09. The minimum absolute atomic E-state index is 0.0137. The van der Waals surface area contributed by atoms with Crippen molar-refractivity contribution in [3.05, 3.63) is 96.6 Å². The van der Waals surface area contributed by atoms with Crippen LogP contribution in [0.5, 0.6) is 11.5 Å². The number of nitrogens with zero attached hydrogens (tertiary/aromatic N) is 2. The zero-order valence-electron chi connectivity index (χ0n) is 19.8. The molecule has 0 bridgehead atoms. The molecule has 0 spiro atoms. The van der Waals surface area contributed by atoms with E-state index < -0.39 is 10.8 Å². The van der Waals surface area contributed by atoms with E-state index in [-0.39, 0.29) is 17.9 Å². The van der Waals surface area contributed by atoms with Crippen molar-refractivity contribution in [3.63, 3.8) is 0 Å². The summed E-state index contributed by atoms with van der Waals surface area (Å²) in [5, 5.41) is 23.5. The molecule has 3 aromatic carbocycles. The molecule has 0 radical (unpaired) electrons. The number of nitro groups is 1. The summed E-state index contributed by atoms with van der Waals surface area (Å²) in [5.74, 6) is 0.411. The Bertz CT molecular complexity index is 1350. The van der Waals surface area contributed by atoms with Crippen LogP contribution in [0, 0.1) is 25.0 Å². The van der Waals surface area contributed by atoms with Crippen LogP contribution < -0.4 is 14.8 Å². The first-order valence-corrected chi connectivity index (χ1v) is 12.3. The van der Waals surface area contributed by atoms with Crippen molar-refractivity contribution in [2.24, 2.45) is 0 Å². The van der Waals surface area contributed by atoms with E-state index in [0.29, 0.717) is 38.5 Å². The zero-order chi connectivity index (χ0) is 26.1. The molecule has 8 nitrogen and oxygen atoms in total. The Balaban J connectivity index is 1.86. The number of anilines is 1. The first-order chi connectivity index (χ1) is 17.4. The molecule has 3 aromatic rings. The number of ether oxygens (including phenoxy) is 2. The van der Waals surface area contributed by atoms with E-state index in [1.165, 1.54) is 18.2 Å². The molecule has 0 unspecified atom stereocenters. The SMILES string of the molecule is CCOc1cc(/C=C(\C#N)C(=O)Nc2ccccc2CC)cc(I)c1OCc1cccc([N+](=O)[O-])c1. The lowest BCUT2D eigenvalue weighted by Gasteiger charge is -2.15. The fourth-order valence-electron chi connectivity index (χ4n) is 3.45. The van der Waals surface area contributed by atoms with Gasteiger partial charge in [0.2, 0.25) is 0 Å². The van der Waals surface area contributed by atoms with Crippen molar-refractivity contribution < 1.29 is 19.2 Å². The van der Waals surface area contributed by atoms with Crippen molar-refractivity contribution in [2.45, 2.75) is 26.9 Å². The highest BCUT2D eigenvalue weighted by molar-refractivity contribution is 14.1. The third-order valence-electron chi connectivity index (χ3n) is 5.16. The van der Waals surface area contributed by atoms with Crippen molar-refractivity contribution in [3.8, 4) is 17.6 Å². The lowest BCUT2D eigenvalue weighted by Crippen LogP contribution is -2.14. The van der Waals surface area contributed by atoms with Crippen molar-refractivity contribution in [1.29, 1.82) is 5.26 Å². The maximum Gasteiger partial charge on any atom is 0.269 e. The maximum absolute atomic E-state index is 12.8. The van der Waals surface area contributed by atoms with Gasteiger partial charge in [0.05, 0.1) is 15.1 Å². The summed E-state index contributed by atoms with van der Waals surface area (Å²) in [6.07, 6.45) is 2.24. The Morgan fingerprint density at radius 3 is 2.61 bits per heavy atom. The molecular weight excluding hydrogens is 573 g/mol. The van der Waals surface area contributed by atoms with Crippen molar-refractivity contribution in [2.75, 3.05) is 11.9 Å². The predicted octanol–water partition coefficient (Wildman–Crippen LogP) is 6.29. The smallest absolute Gasteiger partial charge is 0.269 e. The highest BCUT2D eigenvalue weighted by Gasteiger charge is 2.16. The van der Waals surface area contributed by atoms with Gasteiger partial charge < -0.3 is 14.8 Å². The van der Waals surface area contributed by atoms with Crippen LogP contribution in [-0.2, 0) is 17.8 Å². The fourth-order valence-corrected chi connectivity index (χ4v) is 4.23. The van der Waals surface area contributed by atoms with Gasteiger partial charge in [-0.15, -0.1) is 0 Å². The molecule has 1 N–H and O–H groups in total. The number of hydrogen-bond donors (Lipinski definition) is 1. The topological polar surface area (TPSA) is 114 Å². The third kappa shape index (κ3) is 6.82. The Labute approximate surface area is 222 Å². The maximum atomic E-state index is 12.8. The average Bonchev–Trinajstić information content (AvgIpc) is 2.87. The Morgan fingerprint density at radius 2 is 1.92 bits per heavy atom. The number of amides is 1. The Morgan fingerprint density at radius 1 is 1.14 bits per heavy atom. The van der Waals surface area contributed by atoms with Crippen LogP contribution in [-0.4, -0.2) is 17.4 Å². The first-order valence-electron chi connectivity index (χ1n) is 11.2. The van der Waals surface area contributed by atoms with Gasteiger partial charge in [0.25, 0.3) is 11.6 Å². The van der Waals surface area contributed by atoms with Crippen LogP contribution in [0.4, 0.5) is 11.4 Å². The first kappa shape index (κ1) is 26.7. The van der Waals surface area contributed by atoms with Gasteiger partial charge in [-0.25, -0.2) is 0 Å². The second kappa shape index (κ2) is 12.7. The Hall–Kier alpha value is -3.91. The van der Waals surface area contributed by atoms with Gasteiger partial charge in [-0.3, -0.25) is 14.9 Å². The molecule has 0 aromatic heterocycles. The number of nitriles is 1. The van der Waals surface area contributed by atoms with Gasteiger partial charge >= 0.3 is 0 Å². The van der Waals surface area contributed by atoms with Crippen LogP contribution in [0.1, 0.15) is 30.5 Å². The van der Waals surface area contributed by atoms with Crippen molar-refractivity contribution >= 4 is 45.9 Å². The van der Waals surface area contributed by atoms with Crippen LogP contribution in [0.3, 0.4) is 0 Å². The number of benzene rings is 3. The molecular formula is C27H24IN3O5. The molecule has 9 heteroatoms. The number of nitrogens with one attached hydrogen (secondary N) is 1. The average molecular weight is 597 g/mol. The molecule has 1 amide bonds. The Kier molecular flexibility index (Phi) is 9.41. The summed E-state index contributed by atoms with van der Waals surface area (Å²) in [7, 11) is 0. The van der Waals surface area contributed by atoms with Gasteiger partial charge in [0, 0.05) is 17.8 Å². The number of hydrogen-bond acceptors (Lipinski definition) is 6. The van der Waals surface area contributed by atoms with Gasteiger partial charge in [0.15, 0.2) is 11.5 Å². The second-order valence-electron chi connectivity index (χ2n) is 7.61. The molecule has 0 fully saturated rings. The zero-order valence-corrected chi connectivity index (χ0v) is 21.9. The number of aryl methyl sites for hydroxylation is 1. The van der Waals surface area contributed by atoms with Gasteiger partial charge in [-0.05, 0) is 76.9 Å². The molecule has 0 aliphatic carbocycles. The third-order valence-corrected chi connectivity index (χ3v) is 5.96. The second-order valence-corrected chi connectivity index (χ2v) is 8.78. The van der Waals surface area contributed by atoms with E-state index in [4.69, 9.17) is 9.47 Å². The number of rotatable bonds is 10. The lowest BCUT2D eigenvalue weighted by atomic mass is 10.1. The summed E-state index contributed by atoms with van der Waals surface area (Å²) in [4.78, 5) is 23.4. The molecule has 0 atom stereocenters.